The summed E-state index contributed by atoms with van der Waals surface area (Å²) in [6, 6.07) is 12.2. The fraction of sp³-hybridized carbons (Fsp3) is 0.0476. The van der Waals surface area contributed by atoms with Gasteiger partial charge in [-0.1, -0.05) is 12.1 Å². The molecule has 7 nitrogen and oxygen atoms in total. The maximum absolute atomic E-state index is 14.4. The van der Waals surface area contributed by atoms with E-state index in [1.807, 2.05) is 0 Å². The van der Waals surface area contributed by atoms with Crippen LogP contribution in [0.15, 0.2) is 60.8 Å². The van der Waals surface area contributed by atoms with E-state index in [0.29, 0.717) is 5.56 Å². The molecule has 2 amide bonds. The van der Waals surface area contributed by atoms with Gasteiger partial charge in [0.25, 0.3) is 5.91 Å². The molecule has 0 bridgehead atoms. The van der Waals surface area contributed by atoms with E-state index < -0.39 is 23.4 Å². The topological polar surface area (TPSA) is 106 Å². The van der Waals surface area contributed by atoms with Crippen molar-refractivity contribution < 1.29 is 23.1 Å². The second-order valence-corrected chi connectivity index (χ2v) is 6.70. The molecule has 0 radical (unpaired) electrons. The Bertz CT molecular complexity index is 1140. The number of aromatic nitrogens is 1. The highest BCUT2D eigenvalue weighted by Crippen LogP contribution is 2.26. The largest absolute Gasteiger partial charge is 0.454 e. The van der Waals surface area contributed by atoms with E-state index in [2.05, 4.69) is 15.6 Å². The second-order valence-electron chi connectivity index (χ2n) is 6.29. The predicted octanol–water partition coefficient (Wildman–Crippen LogP) is 3.31. The minimum absolute atomic E-state index is 0.00244. The Balaban J connectivity index is 1.58. The number of carbonyl (C=O) groups excluding carboxylic acids is 2. The number of hydrogen-bond acceptors (Lipinski definition) is 5. The third-order valence-corrected chi connectivity index (χ3v) is 4.14. The van der Waals surface area contributed by atoms with Crippen molar-refractivity contribution in [3.05, 3.63) is 83.7 Å². The van der Waals surface area contributed by atoms with E-state index in [-0.39, 0.29) is 34.4 Å². The van der Waals surface area contributed by atoms with Crippen molar-refractivity contribution >= 4 is 34.8 Å². The van der Waals surface area contributed by atoms with Gasteiger partial charge >= 0.3 is 0 Å². The van der Waals surface area contributed by atoms with Crippen LogP contribution in [0.25, 0.3) is 0 Å². The SMILES string of the molecule is NC(=O)c1cc(Oc2ccc(NC(=S)NC(=O)Cc3ccc(F)cc3)cc2F)ccn1. The van der Waals surface area contributed by atoms with Gasteiger partial charge in [0, 0.05) is 24.0 Å². The average molecular weight is 442 g/mol. The van der Waals surface area contributed by atoms with Crippen molar-refractivity contribution in [3.8, 4) is 11.5 Å². The molecule has 2 aromatic carbocycles. The van der Waals surface area contributed by atoms with Gasteiger partial charge in [0.2, 0.25) is 5.91 Å². The molecule has 0 atom stereocenters. The van der Waals surface area contributed by atoms with E-state index in [1.54, 1.807) is 0 Å². The summed E-state index contributed by atoms with van der Waals surface area (Å²) in [6.45, 7) is 0. The number of hydrogen-bond donors (Lipinski definition) is 3. The van der Waals surface area contributed by atoms with Gasteiger partial charge in [-0.2, -0.15) is 0 Å². The number of primary amides is 1. The molecule has 1 heterocycles. The lowest BCUT2D eigenvalue weighted by Gasteiger charge is -2.12. The Hall–Kier alpha value is -3.92. The monoisotopic (exact) mass is 442 g/mol. The number of nitrogens with zero attached hydrogens (tertiary/aromatic N) is 1. The number of thiocarbonyl (C=S) groups is 1. The molecule has 3 aromatic rings. The van der Waals surface area contributed by atoms with Gasteiger partial charge in [0.05, 0.1) is 6.42 Å². The molecule has 0 saturated carbocycles. The quantitative estimate of drug-likeness (QED) is 0.506. The van der Waals surface area contributed by atoms with Crippen molar-refractivity contribution in [2.45, 2.75) is 6.42 Å². The summed E-state index contributed by atoms with van der Waals surface area (Å²) < 4.78 is 32.7. The Labute approximate surface area is 181 Å². The normalized spacial score (nSPS) is 10.3. The van der Waals surface area contributed by atoms with E-state index in [9.17, 15) is 18.4 Å². The lowest BCUT2D eigenvalue weighted by Crippen LogP contribution is -2.35. The number of nitrogens with one attached hydrogen (secondary N) is 2. The number of nitrogens with two attached hydrogens (primary N) is 1. The highest BCUT2D eigenvalue weighted by molar-refractivity contribution is 7.80. The van der Waals surface area contributed by atoms with Gasteiger partial charge in [-0.15, -0.1) is 0 Å². The maximum Gasteiger partial charge on any atom is 0.267 e. The summed E-state index contributed by atoms with van der Waals surface area (Å²) in [5.74, 6) is -2.16. The number of anilines is 1. The molecule has 0 fully saturated rings. The first-order valence-corrected chi connectivity index (χ1v) is 9.29. The summed E-state index contributed by atoms with van der Waals surface area (Å²) in [5.41, 5.74) is 6.04. The smallest absolute Gasteiger partial charge is 0.267 e. The Kier molecular flexibility index (Phi) is 6.83. The first-order valence-electron chi connectivity index (χ1n) is 8.88. The number of pyridine rings is 1. The standard InChI is InChI=1S/C21H16F2N4O3S/c22-13-3-1-12(2-4-13)9-19(28)27-21(31)26-14-5-6-18(16(23)10-14)30-15-7-8-25-17(11-15)20(24)29/h1-8,10-11H,9H2,(H2,24,29)(H2,26,27,28,31). The van der Waals surface area contributed by atoms with Crippen LogP contribution in [0, 0.1) is 11.6 Å². The molecular weight excluding hydrogens is 426 g/mol. The van der Waals surface area contributed by atoms with Crippen LogP contribution in [-0.2, 0) is 11.2 Å². The van der Waals surface area contributed by atoms with Crippen LogP contribution in [0.1, 0.15) is 16.1 Å². The highest BCUT2D eigenvalue weighted by Gasteiger charge is 2.11. The highest BCUT2D eigenvalue weighted by atomic mass is 32.1. The molecule has 0 unspecified atom stereocenters. The summed E-state index contributed by atoms with van der Waals surface area (Å²) in [7, 11) is 0. The van der Waals surface area contributed by atoms with Crippen LogP contribution < -0.4 is 21.1 Å². The molecule has 0 spiro atoms. The Morgan fingerprint density at radius 2 is 1.81 bits per heavy atom. The van der Waals surface area contributed by atoms with Crippen LogP contribution in [-0.4, -0.2) is 21.9 Å². The van der Waals surface area contributed by atoms with Crippen molar-refractivity contribution in [1.82, 2.24) is 10.3 Å². The number of halogens is 2. The fourth-order valence-corrected chi connectivity index (χ4v) is 2.75. The average Bonchev–Trinajstić information content (AvgIpc) is 2.72. The van der Waals surface area contributed by atoms with Crippen molar-refractivity contribution in [2.75, 3.05) is 5.32 Å². The number of amides is 2. The van der Waals surface area contributed by atoms with Crippen LogP contribution >= 0.6 is 12.2 Å². The predicted molar refractivity (Wildman–Crippen MR) is 114 cm³/mol. The van der Waals surface area contributed by atoms with E-state index in [1.165, 1.54) is 54.7 Å². The fourth-order valence-electron chi connectivity index (χ4n) is 2.52. The lowest BCUT2D eigenvalue weighted by molar-refractivity contribution is -0.119. The molecule has 0 aliphatic heterocycles. The Morgan fingerprint density at radius 1 is 1.06 bits per heavy atom. The zero-order chi connectivity index (χ0) is 22.4. The summed E-state index contributed by atoms with van der Waals surface area (Å²) >= 11 is 5.06. The minimum atomic E-state index is -0.736. The molecule has 0 aliphatic carbocycles. The van der Waals surface area contributed by atoms with Crippen LogP contribution in [0.3, 0.4) is 0 Å². The van der Waals surface area contributed by atoms with E-state index >= 15 is 0 Å². The van der Waals surface area contributed by atoms with Crippen molar-refractivity contribution in [1.29, 1.82) is 0 Å². The minimum Gasteiger partial charge on any atom is -0.454 e. The van der Waals surface area contributed by atoms with Crippen LogP contribution in [0.4, 0.5) is 14.5 Å². The number of benzene rings is 2. The molecule has 1 aromatic heterocycles. The first kappa shape index (κ1) is 21.8. The molecular formula is C21H16F2N4O3S. The van der Waals surface area contributed by atoms with Crippen LogP contribution in [0.2, 0.25) is 0 Å². The second kappa shape index (κ2) is 9.72. The van der Waals surface area contributed by atoms with Crippen molar-refractivity contribution in [2.24, 2.45) is 5.73 Å². The van der Waals surface area contributed by atoms with E-state index in [0.717, 1.165) is 6.07 Å². The Morgan fingerprint density at radius 3 is 2.48 bits per heavy atom. The maximum atomic E-state index is 14.4. The van der Waals surface area contributed by atoms with Gasteiger partial charge < -0.3 is 21.1 Å². The molecule has 31 heavy (non-hydrogen) atoms. The van der Waals surface area contributed by atoms with Gasteiger partial charge in [0.1, 0.15) is 17.3 Å². The molecule has 158 valence electrons. The van der Waals surface area contributed by atoms with Gasteiger partial charge in [-0.25, -0.2) is 8.78 Å². The number of rotatable bonds is 6. The first-order chi connectivity index (χ1) is 14.8. The summed E-state index contributed by atoms with van der Waals surface area (Å²) in [6.07, 6.45) is 1.32. The molecule has 4 N–H and O–H groups in total. The lowest BCUT2D eigenvalue weighted by atomic mass is 10.1. The van der Waals surface area contributed by atoms with Gasteiger partial charge in [-0.05, 0) is 48.1 Å². The molecule has 10 heteroatoms. The van der Waals surface area contributed by atoms with E-state index in [4.69, 9.17) is 22.7 Å². The number of carbonyl (C=O) groups is 2. The summed E-state index contributed by atoms with van der Waals surface area (Å²) in [4.78, 5) is 27.0. The molecule has 3 rings (SSSR count). The van der Waals surface area contributed by atoms with Gasteiger partial charge in [0.15, 0.2) is 16.7 Å². The third-order valence-electron chi connectivity index (χ3n) is 3.93. The molecule has 0 aliphatic rings. The zero-order valence-corrected chi connectivity index (χ0v) is 16.7. The van der Waals surface area contributed by atoms with Crippen LogP contribution in [0.5, 0.6) is 11.5 Å². The summed E-state index contributed by atoms with van der Waals surface area (Å²) in [5, 5.41) is 5.13. The number of ether oxygens (including phenoxy) is 1. The van der Waals surface area contributed by atoms with Gasteiger partial charge in [-0.3, -0.25) is 14.6 Å². The zero-order valence-electron chi connectivity index (χ0n) is 15.9. The third kappa shape index (κ3) is 6.28. The molecule has 0 saturated heterocycles. The van der Waals surface area contributed by atoms with Crippen molar-refractivity contribution in [3.63, 3.8) is 0 Å².